The molecule has 2 aromatic carbocycles. The van der Waals surface area contributed by atoms with Crippen molar-refractivity contribution in [3.05, 3.63) is 87.7 Å². The van der Waals surface area contributed by atoms with E-state index in [1.807, 2.05) is 24.3 Å². The quantitative estimate of drug-likeness (QED) is 0.304. The molecule has 1 atom stereocenters. The highest BCUT2D eigenvalue weighted by Gasteiger charge is 2.45. The normalized spacial score (nSPS) is 22.7. The SMILES string of the molecule is CN(c1cnc(C#N)c(C(F)(F)F)c1)[C@H]1CC[C@H](NC(=O)c2ccc(N3CCC(CN4Cc5cc6c(cc5C4)C(=O)N(C4CCC(=O)NC4=O)C6=O)CC3)cc2)CC1. The van der Waals surface area contributed by atoms with Gasteiger partial charge in [0.2, 0.25) is 11.8 Å². The number of benzene rings is 2. The van der Waals surface area contributed by atoms with Crippen LogP contribution in [-0.4, -0.2) is 89.1 Å². The molecular weight excluding hydrogens is 754 g/mol. The van der Waals surface area contributed by atoms with Crippen LogP contribution in [0.4, 0.5) is 24.5 Å². The molecular formula is C42H43F3N8O5. The molecule has 1 unspecified atom stereocenters. The molecule has 58 heavy (non-hydrogen) atoms. The number of pyridine rings is 1. The minimum Gasteiger partial charge on any atom is -0.372 e. The number of nitriles is 1. The number of carbonyl (C=O) groups is 5. The molecule has 5 heterocycles. The number of nitrogens with zero attached hydrogens (tertiary/aromatic N) is 6. The van der Waals surface area contributed by atoms with E-state index in [1.165, 1.54) is 12.3 Å². The Hall–Kier alpha value is -5.82. The Morgan fingerprint density at radius 3 is 2.16 bits per heavy atom. The summed E-state index contributed by atoms with van der Waals surface area (Å²) in [5.41, 5.74) is 2.86. The van der Waals surface area contributed by atoms with Gasteiger partial charge in [-0.25, -0.2) is 4.98 Å². The maximum Gasteiger partial charge on any atom is 0.419 e. The van der Waals surface area contributed by atoms with Crippen molar-refractivity contribution >= 4 is 40.9 Å². The van der Waals surface area contributed by atoms with Gasteiger partial charge < -0.3 is 15.1 Å². The van der Waals surface area contributed by atoms with Gasteiger partial charge in [-0.15, -0.1) is 0 Å². The zero-order chi connectivity index (χ0) is 40.9. The number of halogens is 3. The van der Waals surface area contributed by atoms with Crippen LogP contribution in [0, 0.1) is 17.2 Å². The van der Waals surface area contributed by atoms with Crippen molar-refractivity contribution < 1.29 is 37.1 Å². The summed E-state index contributed by atoms with van der Waals surface area (Å²) >= 11 is 0. The molecule has 4 aliphatic heterocycles. The van der Waals surface area contributed by atoms with E-state index in [4.69, 9.17) is 5.26 Å². The van der Waals surface area contributed by atoms with E-state index >= 15 is 0 Å². The number of piperidine rings is 2. The van der Waals surface area contributed by atoms with Crippen molar-refractivity contribution in [3.63, 3.8) is 0 Å². The van der Waals surface area contributed by atoms with Crippen LogP contribution in [0.25, 0.3) is 0 Å². The first-order valence-electron chi connectivity index (χ1n) is 19.7. The Morgan fingerprint density at radius 2 is 1.57 bits per heavy atom. The third-order valence-corrected chi connectivity index (χ3v) is 12.4. The second kappa shape index (κ2) is 15.5. The molecule has 1 saturated carbocycles. The van der Waals surface area contributed by atoms with Crippen molar-refractivity contribution in [3.8, 4) is 6.07 Å². The standard InChI is InChI=1S/C42H43F3N8O5/c1-50(31-18-34(42(43,44)45)35(19-46)47-20-31)29-8-4-28(5-9-29)48-38(55)25-2-6-30(7-3-25)52-14-12-24(13-15-52)21-51-22-26-16-32-33(17-27(26)23-51)41(58)53(40(32)57)36-10-11-37(54)49-39(36)56/h2-3,6-7,16-18,20,24,28-29,36H,4-5,8-15,21-23H2,1H3,(H,48,55)(H,49,54,56)/t28-,29-,36?. The van der Waals surface area contributed by atoms with Gasteiger partial charge >= 0.3 is 6.18 Å². The van der Waals surface area contributed by atoms with Crippen LogP contribution in [-0.2, 0) is 28.9 Å². The lowest BCUT2D eigenvalue weighted by Gasteiger charge is -2.36. The number of hydrogen-bond donors (Lipinski definition) is 2. The largest absolute Gasteiger partial charge is 0.419 e. The molecule has 5 aliphatic rings. The van der Waals surface area contributed by atoms with Gasteiger partial charge in [-0.1, -0.05) is 0 Å². The summed E-state index contributed by atoms with van der Waals surface area (Å²) in [4.78, 5) is 75.0. The van der Waals surface area contributed by atoms with E-state index in [0.29, 0.717) is 67.1 Å². The van der Waals surface area contributed by atoms with Gasteiger partial charge in [-0.05, 0) is 104 Å². The van der Waals surface area contributed by atoms with Crippen LogP contribution in [0.1, 0.15) is 105 Å². The third-order valence-electron chi connectivity index (χ3n) is 12.4. The summed E-state index contributed by atoms with van der Waals surface area (Å²) < 4.78 is 40.4. The Balaban J connectivity index is 0.784. The minimum absolute atomic E-state index is 0.0273. The second-order valence-electron chi connectivity index (χ2n) is 16.0. The molecule has 1 aliphatic carbocycles. The van der Waals surface area contributed by atoms with E-state index in [-0.39, 0.29) is 30.8 Å². The van der Waals surface area contributed by atoms with Gasteiger partial charge in [0.1, 0.15) is 12.1 Å². The maximum absolute atomic E-state index is 13.5. The molecule has 2 saturated heterocycles. The molecule has 16 heteroatoms. The van der Waals surface area contributed by atoms with Crippen molar-refractivity contribution in [2.75, 3.05) is 36.5 Å². The molecule has 0 radical (unpaired) electrons. The fraction of sp³-hybridized carbons (Fsp3) is 0.452. The highest BCUT2D eigenvalue weighted by Crippen LogP contribution is 2.36. The fourth-order valence-corrected chi connectivity index (χ4v) is 9.17. The first-order valence-corrected chi connectivity index (χ1v) is 19.7. The van der Waals surface area contributed by atoms with Crippen LogP contribution in [0.15, 0.2) is 48.7 Å². The van der Waals surface area contributed by atoms with Crippen LogP contribution < -0.4 is 20.4 Å². The van der Waals surface area contributed by atoms with E-state index in [2.05, 4.69) is 25.4 Å². The van der Waals surface area contributed by atoms with Crippen LogP contribution >= 0.6 is 0 Å². The number of alkyl halides is 3. The summed E-state index contributed by atoms with van der Waals surface area (Å²) in [7, 11) is 1.73. The van der Waals surface area contributed by atoms with E-state index in [0.717, 1.165) is 60.3 Å². The van der Waals surface area contributed by atoms with Crippen molar-refractivity contribution in [1.82, 2.24) is 25.4 Å². The average Bonchev–Trinajstić information content (AvgIpc) is 3.72. The highest BCUT2D eigenvalue weighted by atomic mass is 19.4. The number of rotatable bonds is 8. The van der Waals surface area contributed by atoms with Gasteiger partial charge in [0, 0.05) is 69.5 Å². The summed E-state index contributed by atoms with van der Waals surface area (Å²) in [6, 6.07) is 12.7. The lowest BCUT2D eigenvalue weighted by atomic mass is 9.90. The topological polar surface area (TPSA) is 159 Å². The Labute approximate surface area is 333 Å². The second-order valence-corrected chi connectivity index (χ2v) is 16.0. The fourth-order valence-electron chi connectivity index (χ4n) is 9.17. The number of fused-ring (bicyclic) bond motifs is 2. The van der Waals surface area contributed by atoms with Gasteiger partial charge in [0.15, 0.2) is 5.69 Å². The molecule has 0 spiro atoms. The highest BCUT2D eigenvalue weighted by molar-refractivity contribution is 6.23. The number of anilines is 2. The van der Waals surface area contributed by atoms with E-state index < -0.39 is 47.1 Å². The maximum atomic E-state index is 13.5. The molecule has 13 nitrogen and oxygen atoms in total. The number of carbonyl (C=O) groups excluding carboxylic acids is 5. The Bertz CT molecular complexity index is 2160. The summed E-state index contributed by atoms with van der Waals surface area (Å²) in [6.07, 6.45) is 1.53. The number of hydrogen-bond acceptors (Lipinski definition) is 10. The van der Waals surface area contributed by atoms with E-state index in [1.54, 1.807) is 24.1 Å². The molecule has 302 valence electrons. The predicted molar refractivity (Wildman–Crippen MR) is 204 cm³/mol. The number of aromatic nitrogens is 1. The zero-order valence-corrected chi connectivity index (χ0v) is 32.0. The molecule has 3 fully saturated rings. The molecule has 3 aromatic rings. The monoisotopic (exact) mass is 796 g/mol. The smallest absolute Gasteiger partial charge is 0.372 e. The Kier molecular flexibility index (Phi) is 10.4. The number of nitrogens with one attached hydrogen (secondary N) is 2. The molecule has 8 rings (SSSR count). The molecule has 0 bridgehead atoms. The van der Waals surface area contributed by atoms with Crippen molar-refractivity contribution in [2.45, 2.75) is 88.8 Å². The summed E-state index contributed by atoms with van der Waals surface area (Å²) in [5.74, 6) is -1.69. The van der Waals surface area contributed by atoms with Gasteiger partial charge in [-0.2, -0.15) is 18.4 Å². The number of amides is 5. The number of imide groups is 2. The first kappa shape index (κ1) is 39.0. The molecule has 1 aromatic heterocycles. The van der Waals surface area contributed by atoms with Crippen LogP contribution in [0.3, 0.4) is 0 Å². The van der Waals surface area contributed by atoms with E-state index in [9.17, 15) is 37.1 Å². The van der Waals surface area contributed by atoms with Gasteiger partial charge in [0.05, 0.1) is 28.6 Å². The summed E-state index contributed by atoms with van der Waals surface area (Å²) in [6.45, 7) is 3.98. The van der Waals surface area contributed by atoms with Gasteiger partial charge in [-0.3, -0.25) is 39.1 Å². The predicted octanol–water partition coefficient (Wildman–Crippen LogP) is 4.78. The molecule has 5 amide bonds. The third kappa shape index (κ3) is 7.62. The van der Waals surface area contributed by atoms with Crippen LogP contribution in [0.5, 0.6) is 0 Å². The van der Waals surface area contributed by atoms with Gasteiger partial charge in [0.25, 0.3) is 17.7 Å². The lowest BCUT2D eigenvalue weighted by Crippen LogP contribution is -2.54. The van der Waals surface area contributed by atoms with Crippen molar-refractivity contribution in [2.24, 2.45) is 5.92 Å². The first-order chi connectivity index (χ1) is 27.8. The van der Waals surface area contributed by atoms with Crippen molar-refractivity contribution in [1.29, 1.82) is 5.26 Å². The van der Waals surface area contributed by atoms with Crippen LogP contribution in [0.2, 0.25) is 0 Å². The minimum atomic E-state index is -4.68. The lowest BCUT2D eigenvalue weighted by molar-refractivity contribution is -0.138. The average molecular weight is 797 g/mol. The molecule has 2 N–H and O–H groups in total. The zero-order valence-electron chi connectivity index (χ0n) is 32.0. The Morgan fingerprint density at radius 1 is 0.931 bits per heavy atom. The summed E-state index contributed by atoms with van der Waals surface area (Å²) in [5, 5.41) is 14.4.